The van der Waals surface area contributed by atoms with Gasteiger partial charge in [-0.25, -0.2) is 0 Å². The lowest BCUT2D eigenvalue weighted by atomic mass is 9.83. The molecule has 0 saturated carbocycles. The van der Waals surface area contributed by atoms with E-state index >= 15 is 0 Å². The minimum absolute atomic E-state index is 0.133. The van der Waals surface area contributed by atoms with Gasteiger partial charge in [-0.3, -0.25) is 4.68 Å². The van der Waals surface area contributed by atoms with E-state index in [4.69, 9.17) is 9.47 Å². The number of ether oxygens (including phenoxy) is 2. The molecule has 0 amide bonds. The lowest BCUT2D eigenvalue weighted by molar-refractivity contribution is -0.110. The first-order valence-corrected chi connectivity index (χ1v) is 7.05. The van der Waals surface area contributed by atoms with Crippen molar-refractivity contribution in [3.05, 3.63) is 18.0 Å². The van der Waals surface area contributed by atoms with Gasteiger partial charge in [0.25, 0.3) is 0 Å². The van der Waals surface area contributed by atoms with Crippen molar-refractivity contribution in [2.24, 2.45) is 7.05 Å². The molecule has 1 fully saturated rings. The van der Waals surface area contributed by atoms with Crippen molar-refractivity contribution in [2.75, 3.05) is 26.9 Å². The highest BCUT2D eigenvalue weighted by atomic mass is 16.5. The van der Waals surface area contributed by atoms with Gasteiger partial charge in [0.1, 0.15) is 0 Å². The first-order valence-electron chi connectivity index (χ1n) is 7.05. The average Bonchev–Trinajstić information content (AvgIpc) is 2.84. The maximum absolute atomic E-state index is 5.90. The van der Waals surface area contributed by atoms with E-state index in [0.29, 0.717) is 0 Å². The zero-order valence-electron chi connectivity index (χ0n) is 12.2. The fourth-order valence-corrected chi connectivity index (χ4v) is 2.88. The molecule has 5 nitrogen and oxygen atoms in total. The molecule has 0 radical (unpaired) electrons. The van der Waals surface area contributed by atoms with Crippen LogP contribution in [0.15, 0.2) is 12.3 Å². The topological polar surface area (TPSA) is 48.3 Å². The highest BCUT2D eigenvalue weighted by molar-refractivity contribution is 5.06. The molecule has 5 heteroatoms. The van der Waals surface area contributed by atoms with Crippen LogP contribution in [0.2, 0.25) is 0 Å². The Labute approximate surface area is 115 Å². The van der Waals surface area contributed by atoms with Crippen LogP contribution < -0.4 is 5.32 Å². The van der Waals surface area contributed by atoms with E-state index < -0.39 is 0 Å². The van der Waals surface area contributed by atoms with Crippen molar-refractivity contribution in [1.29, 1.82) is 0 Å². The minimum Gasteiger partial charge on any atom is -0.381 e. The largest absolute Gasteiger partial charge is 0.381 e. The average molecular weight is 267 g/mol. The predicted octanol–water partition coefficient (Wildman–Crippen LogP) is 1.14. The summed E-state index contributed by atoms with van der Waals surface area (Å²) < 4.78 is 13.2. The molecule has 1 saturated heterocycles. The van der Waals surface area contributed by atoms with Crippen molar-refractivity contribution in [3.63, 3.8) is 0 Å². The summed E-state index contributed by atoms with van der Waals surface area (Å²) in [4.78, 5) is 0. The maximum atomic E-state index is 5.90. The van der Waals surface area contributed by atoms with Crippen LogP contribution in [-0.4, -0.2) is 48.3 Å². The van der Waals surface area contributed by atoms with Gasteiger partial charge < -0.3 is 14.8 Å². The van der Waals surface area contributed by atoms with Crippen LogP contribution in [-0.2, 0) is 22.9 Å². The van der Waals surface area contributed by atoms with E-state index in [1.807, 2.05) is 25.0 Å². The molecule has 0 spiro atoms. The van der Waals surface area contributed by atoms with Crippen LogP contribution in [0.5, 0.6) is 0 Å². The summed E-state index contributed by atoms with van der Waals surface area (Å²) in [7, 11) is 3.76. The number of hydrogen-bond donors (Lipinski definition) is 1. The van der Waals surface area contributed by atoms with Crippen LogP contribution in [0.1, 0.15) is 25.5 Å². The van der Waals surface area contributed by atoms with E-state index in [1.165, 1.54) is 0 Å². The van der Waals surface area contributed by atoms with Gasteiger partial charge in [0.15, 0.2) is 0 Å². The summed E-state index contributed by atoms with van der Waals surface area (Å²) in [5, 5.41) is 8.05. The van der Waals surface area contributed by atoms with Crippen molar-refractivity contribution < 1.29 is 9.47 Å². The highest BCUT2D eigenvalue weighted by Gasteiger charge is 2.40. The Kier molecular flexibility index (Phi) is 4.96. The number of rotatable bonds is 6. The molecule has 1 aliphatic heterocycles. The molecule has 0 aromatic carbocycles. The Hall–Kier alpha value is -0.910. The maximum Gasteiger partial charge on any atom is 0.0878 e. The number of aromatic nitrogens is 2. The predicted molar refractivity (Wildman–Crippen MR) is 74.2 cm³/mol. The van der Waals surface area contributed by atoms with E-state index in [2.05, 4.69) is 23.4 Å². The van der Waals surface area contributed by atoms with E-state index in [9.17, 15) is 0 Å². The van der Waals surface area contributed by atoms with Gasteiger partial charge in [-0.1, -0.05) is 6.92 Å². The number of hydrogen-bond acceptors (Lipinski definition) is 4. The van der Waals surface area contributed by atoms with Crippen LogP contribution in [0.3, 0.4) is 0 Å². The summed E-state index contributed by atoms with van der Waals surface area (Å²) in [6.45, 7) is 4.62. The number of aryl methyl sites for hydroxylation is 1. The van der Waals surface area contributed by atoms with Gasteiger partial charge in [-0.05, 0) is 12.6 Å². The van der Waals surface area contributed by atoms with E-state index in [1.54, 1.807) is 0 Å². The van der Waals surface area contributed by atoms with Crippen molar-refractivity contribution in [3.8, 4) is 0 Å². The van der Waals surface area contributed by atoms with Gasteiger partial charge in [0.05, 0.1) is 11.3 Å². The highest BCUT2D eigenvalue weighted by Crippen LogP contribution is 2.30. The van der Waals surface area contributed by atoms with Crippen molar-refractivity contribution in [1.82, 2.24) is 15.1 Å². The minimum atomic E-state index is -0.133. The van der Waals surface area contributed by atoms with E-state index in [-0.39, 0.29) is 11.6 Å². The second kappa shape index (κ2) is 6.50. The standard InChI is InChI=1S/C14H25N3O2/c1-4-15-13(11-12-5-8-17(2)16-12)14(18-3)6-9-19-10-7-14/h5,8,13,15H,4,6-7,9-11H2,1-3H3. The third kappa shape index (κ3) is 3.35. The summed E-state index contributed by atoms with van der Waals surface area (Å²) in [5.74, 6) is 0. The number of nitrogens with zero attached hydrogens (tertiary/aromatic N) is 2. The molecule has 1 N–H and O–H groups in total. The Bertz CT molecular complexity index is 386. The SMILES string of the molecule is CCNC(Cc1ccn(C)n1)C1(OC)CCOCC1. The van der Waals surface area contributed by atoms with Crippen LogP contribution in [0, 0.1) is 0 Å². The molecule has 2 rings (SSSR count). The Balaban J connectivity index is 2.12. The summed E-state index contributed by atoms with van der Waals surface area (Å²) in [5.41, 5.74) is 0.975. The van der Waals surface area contributed by atoms with Crippen molar-refractivity contribution in [2.45, 2.75) is 37.8 Å². The smallest absolute Gasteiger partial charge is 0.0878 e. The normalized spacial score (nSPS) is 20.4. The molecule has 1 atom stereocenters. The molecule has 1 unspecified atom stereocenters. The molecular weight excluding hydrogens is 242 g/mol. The van der Waals surface area contributed by atoms with Crippen molar-refractivity contribution >= 4 is 0 Å². The fraction of sp³-hybridized carbons (Fsp3) is 0.786. The van der Waals surface area contributed by atoms with Crippen LogP contribution >= 0.6 is 0 Å². The lowest BCUT2D eigenvalue weighted by Gasteiger charge is -2.42. The second-order valence-electron chi connectivity index (χ2n) is 5.18. The first-order chi connectivity index (χ1) is 9.20. The Morgan fingerprint density at radius 3 is 2.79 bits per heavy atom. The second-order valence-corrected chi connectivity index (χ2v) is 5.18. The number of nitrogens with one attached hydrogen (secondary N) is 1. The number of methoxy groups -OCH3 is 1. The summed E-state index contributed by atoms with van der Waals surface area (Å²) in [6.07, 6.45) is 4.76. The van der Waals surface area contributed by atoms with Gasteiger partial charge in [-0.15, -0.1) is 0 Å². The third-order valence-electron chi connectivity index (χ3n) is 4.01. The molecule has 1 aliphatic rings. The molecule has 0 bridgehead atoms. The first kappa shape index (κ1) is 14.5. The van der Waals surface area contributed by atoms with E-state index in [0.717, 1.165) is 44.7 Å². The Morgan fingerprint density at radius 2 is 2.26 bits per heavy atom. The molecule has 0 aliphatic carbocycles. The van der Waals surface area contributed by atoms with Gasteiger partial charge >= 0.3 is 0 Å². The quantitative estimate of drug-likeness (QED) is 0.839. The Morgan fingerprint density at radius 1 is 1.53 bits per heavy atom. The summed E-state index contributed by atoms with van der Waals surface area (Å²) >= 11 is 0. The number of likely N-dealkylation sites (N-methyl/N-ethyl adjacent to an activating group) is 1. The van der Waals surface area contributed by atoms with Gasteiger partial charge in [-0.2, -0.15) is 5.10 Å². The van der Waals surface area contributed by atoms with Crippen LogP contribution in [0.25, 0.3) is 0 Å². The zero-order chi connectivity index (χ0) is 13.7. The molecular formula is C14H25N3O2. The third-order valence-corrected chi connectivity index (χ3v) is 4.01. The molecule has 1 aromatic heterocycles. The zero-order valence-corrected chi connectivity index (χ0v) is 12.2. The monoisotopic (exact) mass is 267 g/mol. The van der Waals surface area contributed by atoms with Gasteiger partial charge in [0, 0.05) is 58.9 Å². The fourth-order valence-electron chi connectivity index (χ4n) is 2.88. The van der Waals surface area contributed by atoms with Gasteiger partial charge in [0.2, 0.25) is 0 Å². The van der Waals surface area contributed by atoms with Crippen LogP contribution in [0.4, 0.5) is 0 Å². The lowest BCUT2D eigenvalue weighted by Crippen LogP contribution is -2.56. The molecule has 108 valence electrons. The molecule has 2 heterocycles. The molecule has 1 aromatic rings. The summed E-state index contributed by atoms with van der Waals surface area (Å²) in [6, 6.07) is 2.36. The molecule has 19 heavy (non-hydrogen) atoms.